The van der Waals surface area contributed by atoms with E-state index < -0.39 is 47.2 Å². The first kappa shape index (κ1) is 20.2. The zero-order valence-corrected chi connectivity index (χ0v) is 16.8. The lowest BCUT2D eigenvalue weighted by atomic mass is 9.62. The van der Waals surface area contributed by atoms with Gasteiger partial charge in [0, 0.05) is 37.2 Å². The molecule has 3 aliphatic rings. The summed E-state index contributed by atoms with van der Waals surface area (Å²) >= 11 is 0. The maximum absolute atomic E-state index is 15.3. The van der Waals surface area contributed by atoms with E-state index in [0.717, 1.165) is 12.3 Å². The van der Waals surface area contributed by atoms with Gasteiger partial charge in [0.25, 0.3) is 0 Å². The van der Waals surface area contributed by atoms with E-state index in [1.54, 1.807) is 4.90 Å². The number of hydrogen-bond donors (Lipinski definition) is 2. The number of benzene rings is 1. The molecule has 1 aliphatic heterocycles. The summed E-state index contributed by atoms with van der Waals surface area (Å²) < 4.78 is 49.4. The molecule has 0 spiro atoms. The van der Waals surface area contributed by atoms with Gasteiger partial charge < -0.3 is 25.0 Å². The topological polar surface area (TPSA) is 97.8 Å². The molecule has 3 N–H and O–H groups in total. The summed E-state index contributed by atoms with van der Waals surface area (Å²) in [6.45, 7) is 0.127. The number of rotatable bonds is 5. The van der Waals surface area contributed by atoms with Gasteiger partial charge in [-0.05, 0) is 18.4 Å². The number of methoxy groups -OCH3 is 1. The average Bonchev–Trinajstić information content (AvgIpc) is 3.38. The molecule has 1 aromatic carbocycles. The summed E-state index contributed by atoms with van der Waals surface area (Å²) in [5.74, 6) is -2.54. The van der Waals surface area contributed by atoms with Gasteiger partial charge in [-0.15, -0.1) is 0 Å². The highest BCUT2D eigenvalue weighted by Gasteiger charge is 2.57. The Morgan fingerprint density at radius 3 is 2.74 bits per heavy atom. The van der Waals surface area contributed by atoms with Crippen molar-refractivity contribution in [3.63, 3.8) is 0 Å². The van der Waals surface area contributed by atoms with Gasteiger partial charge in [-0.3, -0.25) is 9.18 Å². The second kappa shape index (κ2) is 6.62. The minimum atomic E-state index is -1.47. The van der Waals surface area contributed by atoms with Gasteiger partial charge in [0.15, 0.2) is 11.6 Å². The van der Waals surface area contributed by atoms with Crippen LogP contribution in [0.4, 0.5) is 18.9 Å². The Hall–Kier alpha value is -2.75. The Bertz CT molecular complexity index is 1170. The van der Waals surface area contributed by atoms with Crippen molar-refractivity contribution < 1.29 is 27.8 Å². The molecule has 10 heteroatoms. The van der Waals surface area contributed by atoms with Crippen LogP contribution in [0, 0.1) is 17.7 Å². The summed E-state index contributed by atoms with van der Waals surface area (Å²) in [6, 6.07) is 0.310. The SMILES string of the molecule is COc1c(N2C[C@H]3[C@@H](CF)C[C@@]3(N)C2)c(F)cc2c(=O)c(C(=O)O)cn([C@@H]3C[C@@H]3F)c12. The predicted molar refractivity (Wildman–Crippen MR) is 107 cm³/mol. The number of hydrogen-bond acceptors (Lipinski definition) is 5. The van der Waals surface area contributed by atoms with Gasteiger partial charge in [0.1, 0.15) is 17.4 Å². The first-order valence-electron chi connectivity index (χ1n) is 10.1. The lowest BCUT2D eigenvalue weighted by molar-refractivity contribution is 0.0629. The number of nitrogens with zero attached hydrogens (tertiary/aromatic N) is 2. The third kappa shape index (κ3) is 2.77. The molecular weight excluding hydrogens is 415 g/mol. The van der Waals surface area contributed by atoms with E-state index in [1.165, 1.54) is 11.7 Å². The number of aromatic carboxylic acids is 1. The first-order chi connectivity index (χ1) is 14.7. The van der Waals surface area contributed by atoms with Crippen LogP contribution < -0.4 is 20.8 Å². The molecule has 2 saturated carbocycles. The van der Waals surface area contributed by atoms with Crippen LogP contribution in [0.1, 0.15) is 29.2 Å². The number of alkyl halides is 2. The Kier molecular flexibility index (Phi) is 4.31. The molecule has 2 aliphatic carbocycles. The number of halogens is 3. The van der Waals surface area contributed by atoms with Crippen molar-refractivity contribution in [3.05, 3.63) is 33.9 Å². The molecule has 5 rings (SSSR count). The Balaban J connectivity index is 1.73. The summed E-state index contributed by atoms with van der Waals surface area (Å²) in [4.78, 5) is 26.0. The zero-order valence-electron chi connectivity index (χ0n) is 16.8. The number of fused-ring (bicyclic) bond motifs is 2. The van der Waals surface area contributed by atoms with Crippen molar-refractivity contribution in [2.75, 3.05) is 31.8 Å². The van der Waals surface area contributed by atoms with Crippen molar-refractivity contribution in [3.8, 4) is 5.75 Å². The number of carbonyl (C=O) groups is 1. The Morgan fingerprint density at radius 1 is 1.45 bits per heavy atom. The first-order valence-corrected chi connectivity index (χ1v) is 10.1. The molecular formula is C21H22F3N3O4. The maximum atomic E-state index is 15.3. The van der Waals surface area contributed by atoms with E-state index in [-0.39, 0.29) is 40.6 Å². The normalized spacial score (nSPS) is 31.5. The number of ether oxygens (including phenoxy) is 1. The van der Waals surface area contributed by atoms with Crippen LogP contribution >= 0.6 is 0 Å². The summed E-state index contributed by atoms with van der Waals surface area (Å²) in [5.41, 5.74) is 4.55. The van der Waals surface area contributed by atoms with E-state index in [9.17, 15) is 23.5 Å². The molecule has 5 atom stereocenters. The average molecular weight is 437 g/mol. The number of nitrogens with two attached hydrogens (primary N) is 1. The number of pyridine rings is 1. The highest BCUT2D eigenvalue weighted by Crippen LogP contribution is 2.51. The van der Waals surface area contributed by atoms with Gasteiger partial charge in [0.05, 0.1) is 30.7 Å². The number of carboxylic acids is 1. The summed E-state index contributed by atoms with van der Waals surface area (Å²) in [7, 11) is 1.31. The van der Waals surface area contributed by atoms with Crippen LogP contribution in [-0.4, -0.2) is 54.2 Å². The summed E-state index contributed by atoms with van der Waals surface area (Å²) in [5, 5.41) is 9.21. The van der Waals surface area contributed by atoms with E-state index in [2.05, 4.69) is 0 Å². The molecule has 1 saturated heterocycles. The van der Waals surface area contributed by atoms with Crippen LogP contribution in [0.5, 0.6) is 5.75 Å². The van der Waals surface area contributed by atoms with Crippen molar-refractivity contribution in [2.45, 2.75) is 30.6 Å². The standard InChI is InChI=1S/C21H22F3N3O4/c1-31-19-16-10(18(28)11(20(29)30)6-27(16)15-3-13(15)23)2-14(24)17(19)26-7-12-9(5-22)4-21(12,25)8-26/h2,6,9,12-13,15H,3-5,7-8,25H2,1H3,(H,29,30)/t9-,12+,13+,15-,21-/m1/s1. The van der Waals surface area contributed by atoms with Gasteiger partial charge in [-0.25, -0.2) is 13.6 Å². The fraction of sp³-hybridized carbons (Fsp3) is 0.524. The summed E-state index contributed by atoms with van der Waals surface area (Å²) in [6.07, 6.45) is 0.549. The van der Waals surface area contributed by atoms with Gasteiger partial charge in [0.2, 0.25) is 5.43 Å². The highest BCUT2D eigenvalue weighted by atomic mass is 19.1. The van der Waals surface area contributed by atoms with Crippen LogP contribution in [-0.2, 0) is 0 Å². The van der Waals surface area contributed by atoms with E-state index >= 15 is 4.39 Å². The molecule has 2 heterocycles. The maximum Gasteiger partial charge on any atom is 0.341 e. The molecule has 31 heavy (non-hydrogen) atoms. The Morgan fingerprint density at radius 2 is 2.16 bits per heavy atom. The quantitative estimate of drug-likeness (QED) is 0.745. The fourth-order valence-corrected chi connectivity index (χ4v) is 5.38. The number of carboxylic acid groups (broad SMARTS) is 1. The van der Waals surface area contributed by atoms with Crippen molar-refractivity contribution in [2.24, 2.45) is 17.6 Å². The molecule has 2 aromatic rings. The zero-order chi connectivity index (χ0) is 22.2. The highest BCUT2D eigenvalue weighted by molar-refractivity contribution is 5.97. The largest absolute Gasteiger partial charge is 0.492 e. The molecule has 0 radical (unpaired) electrons. The number of anilines is 1. The molecule has 3 fully saturated rings. The van der Waals surface area contributed by atoms with E-state index in [4.69, 9.17) is 10.5 Å². The molecule has 0 amide bonds. The van der Waals surface area contributed by atoms with Crippen molar-refractivity contribution >= 4 is 22.6 Å². The third-order valence-electron chi connectivity index (χ3n) is 7.04. The van der Waals surface area contributed by atoms with E-state index in [0.29, 0.717) is 19.5 Å². The molecule has 166 valence electrons. The fourth-order valence-electron chi connectivity index (χ4n) is 5.38. The van der Waals surface area contributed by atoms with Gasteiger partial charge >= 0.3 is 5.97 Å². The molecule has 0 unspecified atom stereocenters. The van der Waals surface area contributed by atoms with E-state index in [1.807, 2.05) is 0 Å². The minimum Gasteiger partial charge on any atom is -0.492 e. The van der Waals surface area contributed by atoms with Crippen molar-refractivity contribution in [1.82, 2.24) is 4.57 Å². The predicted octanol–water partition coefficient (Wildman–Crippen LogP) is 2.25. The lowest BCUT2D eigenvalue weighted by Crippen LogP contribution is -2.60. The van der Waals surface area contributed by atoms with Crippen LogP contribution in [0.15, 0.2) is 17.1 Å². The van der Waals surface area contributed by atoms with Crippen LogP contribution in [0.2, 0.25) is 0 Å². The molecule has 0 bridgehead atoms. The van der Waals surface area contributed by atoms with Crippen LogP contribution in [0.25, 0.3) is 10.9 Å². The monoisotopic (exact) mass is 437 g/mol. The van der Waals surface area contributed by atoms with Crippen LogP contribution in [0.3, 0.4) is 0 Å². The second-order valence-electron chi connectivity index (χ2n) is 8.88. The number of aromatic nitrogens is 1. The van der Waals surface area contributed by atoms with Gasteiger partial charge in [-0.1, -0.05) is 0 Å². The van der Waals surface area contributed by atoms with Gasteiger partial charge in [-0.2, -0.15) is 0 Å². The van der Waals surface area contributed by atoms with Crippen molar-refractivity contribution in [1.29, 1.82) is 0 Å². The smallest absolute Gasteiger partial charge is 0.341 e. The third-order valence-corrected chi connectivity index (χ3v) is 7.04. The lowest BCUT2D eigenvalue weighted by Gasteiger charge is -2.46. The second-order valence-corrected chi connectivity index (χ2v) is 8.88. The Labute approximate surface area is 175 Å². The minimum absolute atomic E-state index is 0.0184. The molecule has 7 nitrogen and oxygen atoms in total. The molecule has 1 aromatic heterocycles.